The van der Waals surface area contributed by atoms with E-state index in [2.05, 4.69) is 26.2 Å². The number of rotatable bonds is 4. The summed E-state index contributed by atoms with van der Waals surface area (Å²) in [6.07, 6.45) is 1.40. The summed E-state index contributed by atoms with van der Waals surface area (Å²) in [5.74, 6) is -1.33. The topological polar surface area (TPSA) is 88.3 Å². The van der Waals surface area contributed by atoms with E-state index < -0.39 is 24.0 Å². The SMILES string of the molecule is Cc1ccc(NC(=O)COC(=O)c2ccc[nH]c2=O)cc1Br. The molecule has 1 amide bonds. The molecule has 0 bridgehead atoms. The van der Waals surface area contributed by atoms with Crippen LogP contribution in [-0.4, -0.2) is 23.5 Å². The molecule has 0 aliphatic rings. The number of esters is 1. The van der Waals surface area contributed by atoms with E-state index in [1.54, 1.807) is 12.1 Å². The number of benzene rings is 1. The van der Waals surface area contributed by atoms with Crippen molar-refractivity contribution >= 4 is 33.5 Å². The van der Waals surface area contributed by atoms with Crippen molar-refractivity contribution in [2.75, 3.05) is 11.9 Å². The number of H-pyrrole nitrogens is 1. The molecule has 1 heterocycles. The molecule has 0 aliphatic carbocycles. The van der Waals surface area contributed by atoms with Crippen LogP contribution in [0.2, 0.25) is 0 Å². The number of pyridine rings is 1. The maximum absolute atomic E-state index is 11.7. The van der Waals surface area contributed by atoms with E-state index in [9.17, 15) is 14.4 Å². The fourth-order valence-corrected chi connectivity index (χ4v) is 2.04. The highest BCUT2D eigenvalue weighted by atomic mass is 79.9. The molecule has 0 unspecified atom stereocenters. The van der Waals surface area contributed by atoms with Crippen LogP contribution >= 0.6 is 15.9 Å². The molecule has 6 nitrogen and oxygen atoms in total. The Bertz CT molecular complexity index is 770. The van der Waals surface area contributed by atoms with Crippen molar-refractivity contribution < 1.29 is 14.3 Å². The van der Waals surface area contributed by atoms with Gasteiger partial charge in [0, 0.05) is 16.4 Å². The fourth-order valence-electron chi connectivity index (χ4n) is 1.66. The predicted octanol–water partition coefficient (Wildman–Crippen LogP) is 2.24. The molecule has 0 saturated carbocycles. The summed E-state index contributed by atoms with van der Waals surface area (Å²) in [7, 11) is 0. The van der Waals surface area contributed by atoms with Crippen molar-refractivity contribution in [3.05, 3.63) is 62.5 Å². The number of ether oxygens (including phenoxy) is 1. The first-order valence-electron chi connectivity index (χ1n) is 6.38. The van der Waals surface area contributed by atoms with Gasteiger partial charge in [0.25, 0.3) is 11.5 Å². The van der Waals surface area contributed by atoms with Gasteiger partial charge in [-0.1, -0.05) is 22.0 Å². The van der Waals surface area contributed by atoms with Gasteiger partial charge in [0.05, 0.1) is 0 Å². The predicted molar refractivity (Wildman–Crippen MR) is 84.9 cm³/mol. The van der Waals surface area contributed by atoms with Gasteiger partial charge in [0.2, 0.25) is 0 Å². The molecule has 0 atom stereocenters. The number of anilines is 1. The minimum atomic E-state index is -0.845. The van der Waals surface area contributed by atoms with Crippen LogP contribution in [0.3, 0.4) is 0 Å². The quantitative estimate of drug-likeness (QED) is 0.814. The monoisotopic (exact) mass is 364 g/mol. The number of halogens is 1. The second-order valence-electron chi connectivity index (χ2n) is 4.50. The molecule has 2 rings (SSSR count). The highest BCUT2D eigenvalue weighted by Crippen LogP contribution is 2.20. The Kier molecular flexibility index (Phi) is 5.11. The van der Waals surface area contributed by atoms with Crippen molar-refractivity contribution in [1.29, 1.82) is 0 Å². The summed E-state index contributed by atoms with van der Waals surface area (Å²) in [6, 6.07) is 8.16. The first-order chi connectivity index (χ1) is 10.5. The average molecular weight is 365 g/mol. The highest BCUT2D eigenvalue weighted by molar-refractivity contribution is 9.10. The van der Waals surface area contributed by atoms with Crippen LogP contribution < -0.4 is 10.9 Å². The van der Waals surface area contributed by atoms with Gasteiger partial charge in [-0.15, -0.1) is 0 Å². The number of amides is 1. The molecule has 1 aromatic heterocycles. The number of carbonyl (C=O) groups excluding carboxylic acids is 2. The first-order valence-corrected chi connectivity index (χ1v) is 7.17. The molecular weight excluding hydrogens is 352 g/mol. The zero-order valence-electron chi connectivity index (χ0n) is 11.7. The van der Waals surface area contributed by atoms with Crippen molar-refractivity contribution in [3.63, 3.8) is 0 Å². The van der Waals surface area contributed by atoms with Crippen molar-refractivity contribution in [2.24, 2.45) is 0 Å². The Balaban J connectivity index is 1.93. The molecule has 0 aliphatic heterocycles. The van der Waals surface area contributed by atoms with Gasteiger partial charge < -0.3 is 15.0 Å². The van der Waals surface area contributed by atoms with Gasteiger partial charge in [-0.2, -0.15) is 0 Å². The fraction of sp³-hybridized carbons (Fsp3) is 0.133. The van der Waals surface area contributed by atoms with E-state index in [0.717, 1.165) is 10.0 Å². The Morgan fingerprint density at radius 3 is 2.77 bits per heavy atom. The standard InChI is InChI=1S/C15H13BrN2O4/c1-9-4-5-10(7-12(9)16)18-13(19)8-22-15(21)11-3-2-6-17-14(11)20/h2-7H,8H2,1H3,(H,17,20)(H,18,19). The van der Waals surface area contributed by atoms with Gasteiger partial charge in [-0.25, -0.2) is 4.79 Å². The molecule has 2 N–H and O–H groups in total. The van der Waals surface area contributed by atoms with Crippen LogP contribution in [0.4, 0.5) is 5.69 Å². The minimum Gasteiger partial charge on any atom is -0.452 e. The smallest absolute Gasteiger partial charge is 0.344 e. The van der Waals surface area contributed by atoms with E-state index in [0.29, 0.717) is 5.69 Å². The van der Waals surface area contributed by atoms with E-state index in [4.69, 9.17) is 4.74 Å². The third kappa shape index (κ3) is 4.05. The summed E-state index contributed by atoms with van der Waals surface area (Å²) in [6.45, 7) is 1.45. The van der Waals surface area contributed by atoms with Gasteiger partial charge in [-0.3, -0.25) is 9.59 Å². The lowest BCUT2D eigenvalue weighted by Crippen LogP contribution is -2.24. The first kappa shape index (κ1) is 16.0. The lowest BCUT2D eigenvalue weighted by Gasteiger charge is -2.07. The highest BCUT2D eigenvalue weighted by Gasteiger charge is 2.13. The third-order valence-corrected chi connectivity index (χ3v) is 3.68. The number of carbonyl (C=O) groups is 2. The van der Waals surface area contributed by atoms with Gasteiger partial charge in [0.15, 0.2) is 6.61 Å². The third-order valence-electron chi connectivity index (χ3n) is 2.83. The van der Waals surface area contributed by atoms with Crippen molar-refractivity contribution in [2.45, 2.75) is 6.92 Å². The van der Waals surface area contributed by atoms with Crippen LogP contribution in [0.15, 0.2) is 45.8 Å². The molecule has 7 heteroatoms. The minimum absolute atomic E-state index is 0.145. The lowest BCUT2D eigenvalue weighted by atomic mass is 10.2. The zero-order chi connectivity index (χ0) is 16.1. The number of hydrogen-bond acceptors (Lipinski definition) is 4. The van der Waals surface area contributed by atoms with Crippen LogP contribution in [0.1, 0.15) is 15.9 Å². The van der Waals surface area contributed by atoms with Gasteiger partial charge >= 0.3 is 5.97 Å². The molecule has 0 saturated heterocycles. The molecule has 0 radical (unpaired) electrons. The van der Waals surface area contributed by atoms with Crippen LogP contribution in [0.25, 0.3) is 0 Å². The van der Waals surface area contributed by atoms with Crippen LogP contribution in [0.5, 0.6) is 0 Å². The van der Waals surface area contributed by atoms with Crippen LogP contribution in [0, 0.1) is 6.92 Å². The van der Waals surface area contributed by atoms with Gasteiger partial charge in [0.1, 0.15) is 5.56 Å². The number of aromatic nitrogens is 1. The molecule has 2 aromatic rings. The van der Waals surface area contributed by atoms with Crippen molar-refractivity contribution in [3.8, 4) is 0 Å². The van der Waals surface area contributed by atoms with Crippen molar-refractivity contribution in [1.82, 2.24) is 4.98 Å². The van der Waals surface area contributed by atoms with E-state index in [1.165, 1.54) is 18.3 Å². The molecule has 1 aromatic carbocycles. The van der Waals surface area contributed by atoms with E-state index in [1.807, 2.05) is 13.0 Å². The second-order valence-corrected chi connectivity index (χ2v) is 5.36. The Morgan fingerprint density at radius 1 is 1.32 bits per heavy atom. The summed E-state index contributed by atoms with van der Waals surface area (Å²) in [5.41, 5.74) is 0.910. The zero-order valence-corrected chi connectivity index (χ0v) is 13.3. The lowest BCUT2D eigenvalue weighted by molar-refractivity contribution is -0.119. The van der Waals surface area contributed by atoms with E-state index >= 15 is 0 Å². The average Bonchev–Trinajstić information content (AvgIpc) is 2.49. The Labute approximate surface area is 134 Å². The largest absolute Gasteiger partial charge is 0.452 e. The number of nitrogens with one attached hydrogen (secondary N) is 2. The summed E-state index contributed by atoms with van der Waals surface area (Å²) in [4.78, 5) is 37.2. The normalized spacial score (nSPS) is 10.1. The number of aromatic amines is 1. The Morgan fingerprint density at radius 2 is 2.09 bits per heavy atom. The molecule has 22 heavy (non-hydrogen) atoms. The summed E-state index contributed by atoms with van der Waals surface area (Å²) >= 11 is 3.36. The Hall–Kier alpha value is -2.41. The second kappa shape index (κ2) is 7.04. The summed E-state index contributed by atoms with van der Waals surface area (Å²) in [5, 5.41) is 2.60. The molecule has 0 fully saturated rings. The molecular formula is C15H13BrN2O4. The maximum Gasteiger partial charge on any atom is 0.344 e. The number of hydrogen-bond donors (Lipinski definition) is 2. The maximum atomic E-state index is 11.7. The van der Waals surface area contributed by atoms with Crippen LogP contribution in [-0.2, 0) is 9.53 Å². The summed E-state index contributed by atoms with van der Waals surface area (Å²) < 4.78 is 5.67. The molecule has 0 spiro atoms. The van der Waals surface area contributed by atoms with E-state index in [-0.39, 0.29) is 5.56 Å². The number of aryl methyl sites for hydroxylation is 1. The van der Waals surface area contributed by atoms with Gasteiger partial charge in [-0.05, 0) is 36.8 Å². The molecule has 114 valence electrons.